The van der Waals surface area contributed by atoms with Crippen LogP contribution in [0.15, 0.2) is 36.4 Å². The molecule has 116 valence electrons. The van der Waals surface area contributed by atoms with Crippen LogP contribution in [-0.4, -0.2) is 16.1 Å². The molecule has 0 amide bonds. The van der Waals surface area contributed by atoms with Gasteiger partial charge >= 0.3 is 12.1 Å². The van der Waals surface area contributed by atoms with Gasteiger partial charge in [0.2, 0.25) is 0 Å². The molecule has 7 heteroatoms. The molecule has 0 aliphatic carbocycles. The van der Waals surface area contributed by atoms with Crippen LogP contribution in [0.25, 0.3) is 0 Å². The molecule has 0 aliphatic heterocycles. The van der Waals surface area contributed by atoms with Gasteiger partial charge in [0.15, 0.2) is 0 Å². The summed E-state index contributed by atoms with van der Waals surface area (Å²) in [5.74, 6) is -0.872. The van der Waals surface area contributed by atoms with Gasteiger partial charge in [-0.05, 0) is 42.8 Å². The number of pyridine rings is 1. The zero-order valence-corrected chi connectivity index (χ0v) is 11.5. The van der Waals surface area contributed by atoms with Crippen molar-refractivity contribution in [2.75, 3.05) is 0 Å². The molecule has 0 radical (unpaired) electrons. The Bertz CT molecular complexity index is 699. The summed E-state index contributed by atoms with van der Waals surface area (Å²) < 4.78 is 43.1. The summed E-state index contributed by atoms with van der Waals surface area (Å²) >= 11 is 0. The number of hydrogen-bond donors (Lipinski definition) is 1. The van der Waals surface area contributed by atoms with Gasteiger partial charge in [0, 0.05) is 0 Å². The highest BCUT2D eigenvalue weighted by molar-refractivity contribution is 5.85. The maximum absolute atomic E-state index is 12.6. The maximum Gasteiger partial charge on any atom is 0.416 e. The lowest BCUT2D eigenvalue weighted by Crippen LogP contribution is -2.07. The molecule has 2 rings (SSSR count). The molecule has 0 saturated carbocycles. The summed E-state index contributed by atoms with van der Waals surface area (Å²) in [6.07, 6.45) is -4.40. The minimum Gasteiger partial charge on any atom is -0.487 e. The van der Waals surface area contributed by atoms with Crippen molar-refractivity contribution in [2.24, 2.45) is 0 Å². The van der Waals surface area contributed by atoms with Crippen molar-refractivity contribution in [2.45, 2.75) is 19.7 Å². The molecular formula is C15H12F3NO3. The minimum absolute atomic E-state index is 0.0344. The Balaban J connectivity index is 2.12. The molecule has 0 aliphatic rings. The van der Waals surface area contributed by atoms with Crippen molar-refractivity contribution in [3.05, 3.63) is 58.9 Å². The molecule has 0 fully saturated rings. The fraction of sp³-hybridized carbons (Fsp3) is 0.200. The topological polar surface area (TPSA) is 59.4 Å². The summed E-state index contributed by atoms with van der Waals surface area (Å²) in [5.41, 5.74) is -0.156. The lowest BCUT2D eigenvalue weighted by molar-refractivity contribution is -0.137. The lowest BCUT2D eigenvalue weighted by atomic mass is 10.1. The summed E-state index contributed by atoms with van der Waals surface area (Å²) in [5, 5.41) is 8.84. The van der Waals surface area contributed by atoms with Gasteiger partial charge in [-0.3, -0.25) is 0 Å². The van der Waals surface area contributed by atoms with Crippen molar-refractivity contribution in [1.29, 1.82) is 0 Å². The van der Waals surface area contributed by atoms with E-state index in [9.17, 15) is 18.0 Å². The Kier molecular flexibility index (Phi) is 4.35. The first kappa shape index (κ1) is 15.8. The van der Waals surface area contributed by atoms with Gasteiger partial charge in [-0.1, -0.05) is 6.07 Å². The van der Waals surface area contributed by atoms with E-state index in [0.717, 1.165) is 12.1 Å². The van der Waals surface area contributed by atoms with Crippen molar-refractivity contribution in [3.63, 3.8) is 0 Å². The Morgan fingerprint density at radius 2 is 2.00 bits per heavy atom. The number of aromatic nitrogens is 1. The molecule has 1 aromatic heterocycles. The number of nitrogens with zero attached hydrogens (tertiary/aromatic N) is 1. The van der Waals surface area contributed by atoms with E-state index in [2.05, 4.69) is 4.98 Å². The second-order valence-corrected chi connectivity index (χ2v) is 4.59. The van der Waals surface area contributed by atoms with Crippen molar-refractivity contribution >= 4 is 5.97 Å². The first-order valence-electron chi connectivity index (χ1n) is 6.27. The van der Waals surface area contributed by atoms with E-state index in [-0.39, 0.29) is 18.1 Å². The molecule has 0 bridgehead atoms. The molecule has 1 heterocycles. The second-order valence-electron chi connectivity index (χ2n) is 4.59. The van der Waals surface area contributed by atoms with Crippen LogP contribution in [0.3, 0.4) is 0 Å². The van der Waals surface area contributed by atoms with Gasteiger partial charge in [0.1, 0.15) is 18.1 Å². The first-order valence-corrected chi connectivity index (χ1v) is 6.27. The molecule has 0 spiro atoms. The van der Waals surface area contributed by atoms with E-state index >= 15 is 0 Å². The highest BCUT2D eigenvalue weighted by Crippen LogP contribution is 2.32. The zero-order chi connectivity index (χ0) is 16.3. The van der Waals surface area contributed by atoms with Crippen LogP contribution in [0.4, 0.5) is 13.2 Å². The third kappa shape index (κ3) is 3.75. The molecule has 0 atom stereocenters. The number of hydrogen-bond acceptors (Lipinski definition) is 3. The number of rotatable bonds is 4. The number of aromatic carboxylic acids is 1. The van der Waals surface area contributed by atoms with Crippen LogP contribution in [0.5, 0.6) is 5.75 Å². The largest absolute Gasteiger partial charge is 0.487 e. The highest BCUT2D eigenvalue weighted by Gasteiger charge is 2.30. The number of ether oxygens (including phenoxy) is 1. The molecule has 1 aromatic carbocycles. The predicted molar refractivity (Wildman–Crippen MR) is 71.7 cm³/mol. The fourth-order valence-corrected chi connectivity index (χ4v) is 1.82. The van der Waals surface area contributed by atoms with Crippen LogP contribution in [-0.2, 0) is 12.8 Å². The molecule has 22 heavy (non-hydrogen) atoms. The Hall–Kier alpha value is -2.57. The van der Waals surface area contributed by atoms with Crippen molar-refractivity contribution in [3.8, 4) is 5.75 Å². The van der Waals surface area contributed by atoms with Gasteiger partial charge in [-0.25, -0.2) is 9.78 Å². The number of benzene rings is 1. The summed E-state index contributed by atoms with van der Waals surface area (Å²) in [4.78, 5) is 14.7. The average Bonchev–Trinajstić information content (AvgIpc) is 2.45. The van der Waals surface area contributed by atoms with Crippen LogP contribution in [0, 0.1) is 6.92 Å². The highest BCUT2D eigenvalue weighted by atomic mass is 19.4. The normalized spacial score (nSPS) is 11.3. The van der Waals surface area contributed by atoms with E-state index in [1.807, 2.05) is 0 Å². The molecule has 0 saturated heterocycles. The molecule has 2 aromatic rings. The van der Waals surface area contributed by atoms with Crippen LogP contribution >= 0.6 is 0 Å². The number of aryl methyl sites for hydroxylation is 1. The Labute approximate surface area is 124 Å². The van der Waals surface area contributed by atoms with Gasteiger partial charge < -0.3 is 9.84 Å². The van der Waals surface area contributed by atoms with Crippen LogP contribution < -0.4 is 4.74 Å². The zero-order valence-electron chi connectivity index (χ0n) is 11.5. The van der Waals surface area contributed by atoms with Gasteiger partial charge in [-0.2, -0.15) is 13.2 Å². The summed E-state index contributed by atoms with van der Waals surface area (Å²) in [7, 11) is 0. The minimum atomic E-state index is -4.40. The van der Waals surface area contributed by atoms with Gasteiger partial charge in [-0.15, -0.1) is 0 Å². The van der Waals surface area contributed by atoms with Crippen LogP contribution in [0.1, 0.15) is 27.3 Å². The Morgan fingerprint density at radius 3 is 2.59 bits per heavy atom. The van der Waals surface area contributed by atoms with E-state index in [1.54, 1.807) is 6.07 Å². The van der Waals surface area contributed by atoms with E-state index in [4.69, 9.17) is 9.84 Å². The summed E-state index contributed by atoms with van der Waals surface area (Å²) in [6, 6.07) is 7.61. The average molecular weight is 311 g/mol. The van der Waals surface area contributed by atoms with Gasteiger partial charge in [0.25, 0.3) is 0 Å². The summed E-state index contributed by atoms with van der Waals surface area (Å²) in [6.45, 7) is 1.47. The number of carbonyl (C=O) groups is 1. The standard InChI is InChI=1S/C15H12F3NO3/c1-9-7-10(15(16,17)18)5-6-13(9)22-8-11-3-2-4-12(19-11)14(20)21/h2-7H,8H2,1H3,(H,20,21). The predicted octanol–water partition coefficient (Wildman–Crippen LogP) is 3.69. The number of carboxylic acid groups (broad SMARTS) is 1. The smallest absolute Gasteiger partial charge is 0.416 e. The van der Waals surface area contributed by atoms with Crippen molar-refractivity contribution < 1.29 is 27.8 Å². The fourth-order valence-electron chi connectivity index (χ4n) is 1.82. The molecule has 0 unspecified atom stereocenters. The quantitative estimate of drug-likeness (QED) is 0.935. The third-order valence-electron chi connectivity index (χ3n) is 2.90. The second kappa shape index (κ2) is 6.05. The molecule has 4 nitrogen and oxygen atoms in total. The van der Waals surface area contributed by atoms with E-state index in [1.165, 1.54) is 25.1 Å². The first-order chi connectivity index (χ1) is 10.3. The maximum atomic E-state index is 12.6. The molecule has 1 N–H and O–H groups in total. The van der Waals surface area contributed by atoms with Crippen molar-refractivity contribution in [1.82, 2.24) is 4.98 Å². The van der Waals surface area contributed by atoms with Crippen LogP contribution in [0.2, 0.25) is 0 Å². The third-order valence-corrected chi connectivity index (χ3v) is 2.90. The SMILES string of the molecule is Cc1cc(C(F)(F)F)ccc1OCc1cccc(C(=O)O)n1. The number of carboxylic acids is 1. The number of halogens is 3. The van der Waals surface area contributed by atoms with E-state index in [0.29, 0.717) is 11.3 Å². The Morgan fingerprint density at radius 1 is 1.27 bits per heavy atom. The monoisotopic (exact) mass is 311 g/mol. The number of alkyl halides is 3. The molecular weight excluding hydrogens is 299 g/mol. The van der Waals surface area contributed by atoms with Gasteiger partial charge in [0.05, 0.1) is 11.3 Å². The lowest BCUT2D eigenvalue weighted by Gasteiger charge is -2.12. The van der Waals surface area contributed by atoms with E-state index < -0.39 is 17.7 Å².